The standard InChI is InChI=1S/C5H5N.2C5H8O2.O.V/c1-2-4-6-5-3-1;2*1-4(6)3-5(2)7;;/h1-5H;2*3,6H,1-2H3;;/q;;;-2;+4/p-2/b;2*4-3-;;. The van der Waals surface area contributed by atoms with Crippen molar-refractivity contribution in [3.63, 3.8) is 0 Å². The first-order valence-corrected chi connectivity index (χ1v) is 5.82. The zero-order valence-corrected chi connectivity index (χ0v) is 14.4. The van der Waals surface area contributed by atoms with Gasteiger partial charge in [-0.05, 0) is 38.1 Å². The Bertz CT molecular complexity index is 396. The number of pyridine rings is 1. The summed E-state index contributed by atoms with van der Waals surface area (Å²) in [6, 6.07) is 5.72. The fraction of sp³-hybridized carbons (Fsp3) is 0.267. The Morgan fingerprint density at radius 3 is 1.18 bits per heavy atom. The van der Waals surface area contributed by atoms with Crippen molar-refractivity contribution in [1.29, 1.82) is 0 Å². The molecule has 0 unspecified atom stereocenters. The number of allylic oxidation sites excluding steroid dienone is 4. The third-order valence-electron chi connectivity index (χ3n) is 1.38. The van der Waals surface area contributed by atoms with Crippen molar-refractivity contribution in [2.45, 2.75) is 27.7 Å². The number of carbonyl (C=O) groups excluding carboxylic acids is 2. The number of hydrogen-bond donors (Lipinski definition) is 0. The molecule has 0 saturated heterocycles. The van der Waals surface area contributed by atoms with E-state index in [0.717, 1.165) is 12.2 Å². The maximum Gasteiger partial charge on any atom is 4.00 e. The van der Waals surface area contributed by atoms with Crippen LogP contribution in [0.1, 0.15) is 27.7 Å². The molecule has 119 valence electrons. The van der Waals surface area contributed by atoms with E-state index in [1.54, 1.807) is 12.4 Å². The normalized spacial score (nSPS) is 9.45. The van der Waals surface area contributed by atoms with Crippen LogP contribution in [0.3, 0.4) is 0 Å². The van der Waals surface area contributed by atoms with Crippen LogP contribution in [0.15, 0.2) is 54.3 Å². The quantitative estimate of drug-likeness (QED) is 0.575. The van der Waals surface area contributed by atoms with Crippen LogP contribution in [-0.2, 0) is 33.6 Å². The summed E-state index contributed by atoms with van der Waals surface area (Å²) in [6.07, 6.45) is 5.61. The van der Waals surface area contributed by atoms with E-state index in [9.17, 15) is 19.8 Å². The molecule has 0 saturated carbocycles. The van der Waals surface area contributed by atoms with Crippen LogP contribution < -0.4 is 10.2 Å². The summed E-state index contributed by atoms with van der Waals surface area (Å²) in [4.78, 5) is 23.7. The number of nitrogens with zero attached hydrogens (tertiary/aromatic N) is 1. The summed E-state index contributed by atoms with van der Waals surface area (Å²) in [5, 5.41) is 20.0. The van der Waals surface area contributed by atoms with Gasteiger partial charge in [0.25, 0.3) is 0 Å². The van der Waals surface area contributed by atoms with E-state index < -0.39 is 0 Å². The smallest absolute Gasteiger partial charge is 2.00 e. The molecule has 0 aromatic carbocycles. The molecule has 1 heterocycles. The first-order chi connectivity index (χ1) is 9.25. The molecule has 0 amide bonds. The van der Waals surface area contributed by atoms with Gasteiger partial charge in [0.2, 0.25) is 0 Å². The maximum atomic E-state index is 9.98. The van der Waals surface area contributed by atoms with Crippen LogP contribution in [0.25, 0.3) is 0 Å². The largest absolute Gasteiger partial charge is 4.00 e. The van der Waals surface area contributed by atoms with Gasteiger partial charge in [0.1, 0.15) is 0 Å². The van der Waals surface area contributed by atoms with E-state index in [2.05, 4.69) is 4.98 Å². The molecule has 0 bridgehead atoms. The number of carbonyl (C=O) groups is 2. The van der Waals surface area contributed by atoms with E-state index >= 15 is 0 Å². The fourth-order valence-electron chi connectivity index (χ4n) is 0.885. The fourth-order valence-corrected chi connectivity index (χ4v) is 0.885. The summed E-state index contributed by atoms with van der Waals surface area (Å²) in [6.45, 7) is 5.39. The second-order valence-corrected chi connectivity index (χ2v) is 3.76. The van der Waals surface area contributed by atoms with E-state index in [0.29, 0.717) is 0 Å². The minimum atomic E-state index is -0.187. The molecule has 0 aliphatic rings. The molecule has 0 atom stereocenters. The van der Waals surface area contributed by atoms with Crippen molar-refractivity contribution in [2.24, 2.45) is 0 Å². The van der Waals surface area contributed by atoms with Crippen LogP contribution >= 0.6 is 0 Å². The molecule has 1 aromatic rings. The molecular formula is C15H19NO5V. The van der Waals surface area contributed by atoms with Gasteiger partial charge in [-0.2, -0.15) is 0 Å². The van der Waals surface area contributed by atoms with Gasteiger partial charge >= 0.3 is 18.6 Å². The van der Waals surface area contributed by atoms with Gasteiger partial charge in [0.05, 0.1) is 0 Å². The van der Waals surface area contributed by atoms with Crippen LogP contribution in [0, 0.1) is 0 Å². The van der Waals surface area contributed by atoms with Crippen LogP contribution in [0.4, 0.5) is 0 Å². The molecule has 6 nitrogen and oxygen atoms in total. The molecule has 0 fully saturated rings. The Morgan fingerprint density at radius 1 is 0.818 bits per heavy atom. The number of hydrogen-bond acceptors (Lipinski definition) is 5. The zero-order chi connectivity index (χ0) is 16.0. The Kier molecular flexibility index (Phi) is 24.6. The summed E-state index contributed by atoms with van der Waals surface area (Å²) < 4.78 is 0. The van der Waals surface area contributed by atoms with Crippen molar-refractivity contribution < 1.29 is 43.8 Å². The minimum absolute atomic E-state index is 0. The molecule has 0 spiro atoms. The van der Waals surface area contributed by atoms with Gasteiger partial charge < -0.3 is 15.7 Å². The van der Waals surface area contributed by atoms with Gasteiger partial charge in [-0.15, -0.1) is 11.5 Å². The minimum Gasteiger partial charge on any atom is -2.00 e. The maximum absolute atomic E-state index is 9.98. The van der Waals surface area contributed by atoms with Gasteiger partial charge in [0, 0.05) is 12.4 Å². The average Bonchev–Trinajstić information content (AvgIpc) is 2.29. The van der Waals surface area contributed by atoms with Crippen molar-refractivity contribution in [2.75, 3.05) is 0 Å². The molecule has 0 N–H and O–H groups in total. The third-order valence-corrected chi connectivity index (χ3v) is 1.38. The summed E-state index contributed by atoms with van der Waals surface area (Å²) >= 11 is 0. The monoisotopic (exact) mass is 344 g/mol. The van der Waals surface area contributed by atoms with E-state index in [4.69, 9.17) is 0 Å². The van der Waals surface area contributed by atoms with E-state index in [-0.39, 0.29) is 47.1 Å². The Labute approximate surface area is 142 Å². The second-order valence-electron chi connectivity index (χ2n) is 3.76. The summed E-state index contributed by atoms with van der Waals surface area (Å²) in [7, 11) is 0. The molecule has 1 rings (SSSR count). The Balaban J connectivity index is -0.000000106. The number of aromatic nitrogens is 1. The summed E-state index contributed by atoms with van der Waals surface area (Å²) in [5.41, 5.74) is 0. The van der Waals surface area contributed by atoms with E-state index in [1.807, 2.05) is 18.2 Å². The molecule has 1 aromatic heterocycles. The first kappa shape index (κ1) is 28.3. The zero-order valence-electron chi connectivity index (χ0n) is 13.0. The van der Waals surface area contributed by atoms with Crippen molar-refractivity contribution in [1.82, 2.24) is 4.98 Å². The molecule has 1 radical (unpaired) electrons. The van der Waals surface area contributed by atoms with Gasteiger partial charge in [-0.1, -0.05) is 19.9 Å². The Hall–Kier alpha value is -1.89. The van der Waals surface area contributed by atoms with Crippen molar-refractivity contribution in [3.8, 4) is 0 Å². The predicted octanol–water partition coefficient (Wildman–Crippen LogP) is 0.639. The van der Waals surface area contributed by atoms with Gasteiger partial charge in [-0.3, -0.25) is 14.6 Å². The average molecular weight is 344 g/mol. The first-order valence-electron chi connectivity index (χ1n) is 5.82. The molecular weight excluding hydrogens is 325 g/mol. The van der Waals surface area contributed by atoms with Crippen molar-refractivity contribution in [3.05, 3.63) is 54.3 Å². The topological polar surface area (TPSA) is 122 Å². The molecule has 0 aliphatic carbocycles. The third kappa shape index (κ3) is 36.2. The van der Waals surface area contributed by atoms with Crippen LogP contribution in [0.2, 0.25) is 0 Å². The molecule has 7 heteroatoms. The SMILES string of the molecule is CC(=O)/C=C(/C)[O-].CC(=O)/C=C(/C)[O-].[O-2].[V+4].c1ccncc1. The second kappa shape index (κ2) is 19.1. The molecule has 0 aliphatic heterocycles. The van der Waals surface area contributed by atoms with Gasteiger partial charge in [-0.25, -0.2) is 0 Å². The summed E-state index contributed by atoms with van der Waals surface area (Å²) in [5.74, 6) is -0.750. The molecule has 22 heavy (non-hydrogen) atoms. The van der Waals surface area contributed by atoms with E-state index in [1.165, 1.54) is 27.7 Å². The number of rotatable bonds is 2. The Morgan fingerprint density at radius 2 is 1.14 bits per heavy atom. The van der Waals surface area contributed by atoms with Crippen molar-refractivity contribution >= 4 is 11.6 Å². The number of ketones is 2. The predicted molar refractivity (Wildman–Crippen MR) is 73.8 cm³/mol. The van der Waals surface area contributed by atoms with Crippen LogP contribution in [0.5, 0.6) is 0 Å². The van der Waals surface area contributed by atoms with Gasteiger partial charge in [0.15, 0.2) is 11.6 Å². The van der Waals surface area contributed by atoms with Crippen LogP contribution in [-0.4, -0.2) is 16.6 Å².